The molecule has 6 N–H and O–H groups in total. The number of nitrogens with zero attached hydrogens (tertiary/aromatic N) is 3. The van der Waals surface area contributed by atoms with Crippen LogP contribution in [0.1, 0.15) is 11.3 Å². The number of amidine groups is 1. The number of aromatic nitrogens is 2. The topological polar surface area (TPSA) is 122 Å². The normalized spacial score (nSPS) is 12.3. The van der Waals surface area contributed by atoms with E-state index in [0.29, 0.717) is 12.4 Å². The lowest BCUT2D eigenvalue weighted by atomic mass is 10.2. The highest BCUT2D eigenvalue weighted by Crippen LogP contribution is 2.37. The van der Waals surface area contributed by atoms with Crippen molar-refractivity contribution in [2.75, 3.05) is 16.9 Å². The zero-order valence-electron chi connectivity index (χ0n) is 11.0. The lowest BCUT2D eigenvalue weighted by Gasteiger charge is -2.19. The Kier molecular flexibility index (Phi) is 3.53. The third kappa shape index (κ3) is 2.04. The second kappa shape index (κ2) is 5.14. The maximum absolute atomic E-state index is 7.55. The van der Waals surface area contributed by atoms with Crippen molar-refractivity contribution in [3.8, 4) is 0 Å². The number of para-hydroxylation sites is 1. The summed E-state index contributed by atoms with van der Waals surface area (Å²) in [6.45, 7) is 2.65. The van der Waals surface area contributed by atoms with E-state index in [1.165, 1.54) is 11.9 Å². The number of aryl methyl sites for hydroxylation is 1. The van der Waals surface area contributed by atoms with Crippen LogP contribution in [0, 0.1) is 12.3 Å². The predicted molar refractivity (Wildman–Crippen MR) is 78.5 cm³/mol. The van der Waals surface area contributed by atoms with Crippen molar-refractivity contribution in [1.29, 1.82) is 5.41 Å². The fourth-order valence-corrected chi connectivity index (χ4v) is 2.25. The molecule has 104 valence electrons. The Morgan fingerprint density at radius 1 is 1.35 bits per heavy atom. The van der Waals surface area contributed by atoms with E-state index in [1.807, 2.05) is 18.2 Å². The standard InChI is InChI=1S/C13H14N6.H2O/c1-8-4-2-3-5-9(8)19-7-18-11-10(12(14)15)16-6-17-13(11)19;/h2-6,18H,7H2,1H3,(H3,14,15);1H2. The Bertz CT molecular complexity index is 657. The highest BCUT2D eigenvalue weighted by atomic mass is 16.0. The molecule has 20 heavy (non-hydrogen) atoms. The van der Waals surface area contributed by atoms with Crippen LogP contribution in [0.2, 0.25) is 0 Å². The van der Waals surface area contributed by atoms with E-state index in [0.717, 1.165) is 17.2 Å². The van der Waals surface area contributed by atoms with Crippen molar-refractivity contribution in [3.63, 3.8) is 0 Å². The molecular weight excluding hydrogens is 256 g/mol. The van der Waals surface area contributed by atoms with Gasteiger partial charge in [-0.05, 0) is 18.6 Å². The molecule has 7 heteroatoms. The molecule has 0 atom stereocenters. The van der Waals surface area contributed by atoms with Gasteiger partial charge in [-0.1, -0.05) is 18.2 Å². The predicted octanol–water partition coefficient (Wildman–Crippen LogP) is 0.765. The van der Waals surface area contributed by atoms with Gasteiger partial charge in [-0.2, -0.15) is 0 Å². The maximum Gasteiger partial charge on any atom is 0.162 e. The SMILES string of the molecule is Cc1ccccc1N1CNc2c(C(=N)N)ncnc21.O. The van der Waals surface area contributed by atoms with Crippen molar-refractivity contribution in [2.45, 2.75) is 6.92 Å². The molecule has 3 rings (SSSR count). The highest BCUT2D eigenvalue weighted by molar-refractivity contribution is 6.02. The number of nitrogens with one attached hydrogen (secondary N) is 2. The quantitative estimate of drug-likeness (QED) is 0.550. The molecule has 0 bridgehead atoms. The van der Waals surface area contributed by atoms with Gasteiger partial charge in [0.1, 0.15) is 23.5 Å². The van der Waals surface area contributed by atoms with Crippen molar-refractivity contribution >= 4 is 23.0 Å². The van der Waals surface area contributed by atoms with E-state index in [2.05, 4.69) is 33.2 Å². The molecule has 0 saturated heterocycles. The minimum atomic E-state index is -0.0576. The first-order valence-corrected chi connectivity index (χ1v) is 5.95. The molecule has 1 aromatic carbocycles. The maximum atomic E-state index is 7.55. The Labute approximate surface area is 116 Å². The van der Waals surface area contributed by atoms with Crippen LogP contribution in [0.4, 0.5) is 17.2 Å². The van der Waals surface area contributed by atoms with Crippen LogP contribution >= 0.6 is 0 Å². The fraction of sp³-hybridized carbons (Fsp3) is 0.154. The third-order valence-electron chi connectivity index (χ3n) is 3.16. The van der Waals surface area contributed by atoms with E-state index in [1.54, 1.807) is 0 Å². The summed E-state index contributed by atoms with van der Waals surface area (Å²) < 4.78 is 0. The molecule has 7 nitrogen and oxygen atoms in total. The van der Waals surface area contributed by atoms with E-state index in [4.69, 9.17) is 11.1 Å². The largest absolute Gasteiger partial charge is 0.412 e. The summed E-state index contributed by atoms with van der Waals surface area (Å²) in [5, 5.41) is 10.8. The molecule has 0 spiro atoms. The molecule has 0 radical (unpaired) electrons. The lowest BCUT2D eigenvalue weighted by molar-refractivity contribution is 0.824. The number of benzene rings is 1. The van der Waals surface area contributed by atoms with Gasteiger partial charge in [0.15, 0.2) is 5.82 Å². The van der Waals surface area contributed by atoms with Crippen LogP contribution < -0.4 is 16.0 Å². The summed E-state index contributed by atoms with van der Waals surface area (Å²) in [7, 11) is 0. The molecule has 0 unspecified atom stereocenters. The molecule has 0 amide bonds. The first-order valence-electron chi connectivity index (χ1n) is 5.95. The van der Waals surface area contributed by atoms with Crippen LogP contribution in [0.3, 0.4) is 0 Å². The molecule has 1 aliphatic rings. The average molecular weight is 272 g/mol. The number of fused-ring (bicyclic) bond motifs is 1. The van der Waals surface area contributed by atoms with Gasteiger partial charge in [0.25, 0.3) is 0 Å². The smallest absolute Gasteiger partial charge is 0.162 e. The Morgan fingerprint density at radius 3 is 2.80 bits per heavy atom. The number of nitrogen functional groups attached to an aromatic ring is 1. The zero-order valence-corrected chi connectivity index (χ0v) is 11.0. The van der Waals surface area contributed by atoms with Gasteiger partial charge >= 0.3 is 0 Å². The molecule has 1 aromatic heterocycles. The summed E-state index contributed by atoms with van der Waals surface area (Å²) in [5.74, 6) is 0.701. The summed E-state index contributed by atoms with van der Waals surface area (Å²) >= 11 is 0. The molecule has 0 fully saturated rings. The molecule has 2 aromatic rings. The van der Waals surface area contributed by atoms with Gasteiger partial charge in [-0.3, -0.25) is 5.41 Å². The number of nitrogens with two attached hydrogens (primary N) is 1. The zero-order chi connectivity index (χ0) is 13.4. The third-order valence-corrected chi connectivity index (χ3v) is 3.16. The lowest BCUT2D eigenvalue weighted by Crippen LogP contribution is -2.17. The minimum Gasteiger partial charge on any atom is -0.412 e. The number of hydrogen-bond donors (Lipinski definition) is 3. The van der Waals surface area contributed by atoms with Crippen LogP contribution in [0.25, 0.3) is 0 Å². The molecular formula is C13H16N6O. The Hall–Kier alpha value is -2.67. The van der Waals surface area contributed by atoms with Crippen LogP contribution in [0.5, 0.6) is 0 Å². The summed E-state index contributed by atoms with van der Waals surface area (Å²) in [6.07, 6.45) is 1.44. The van der Waals surface area contributed by atoms with E-state index in [9.17, 15) is 0 Å². The van der Waals surface area contributed by atoms with Gasteiger partial charge in [-0.25, -0.2) is 9.97 Å². The fourth-order valence-electron chi connectivity index (χ4n) is 2.25. The number of hydrogen-bond acceptors (Lipinski definition) is 5. The van der Waals surface area contributed by atoms with Gasteiger partial charge in [0.05, 0.1) is 6.67 Å². The molecule has 0 saturated carbocycles. The van der Waals surface area contributed by atoms with E-state index < -0.39 is 0 Å². The summed E-state index contributed by atoms with van der Waals surface area (Å²) in [6, 6.07) is 8.10. The Balaban J connectivity index is 0.00000147. The molecule has 1 aliphatic heterocycles. The summed E-state index contributed by atoms with van der Waals surface area (Å²) in [4.78, 5) is 10.4. The second-order valence-corrected chi connectivity index (χ2v) is 4.38. The Morgan fingerprint density at radius 2 is 2.10 bits per heavy atom. The number of anilines is 3. The highest BCUT2D eigenvalue weighted by Gasteiger charge is 2.26. The van der Waals surface area contributed by atoms with Crippen molar-refractivity contribution in [3.05, 3.63) is 41.9 Å². The van der Waals surface area contributed by atoms with Crippen molar-refractivity contribution in [2.24, 2.45) is 5.73 Å². The second-order valence-electron chi connectivity index (χ2n) is 4.38. The molecule has 0 aliphatic carbocycles. The van der Waals surface area contributed by atoms with Gasteiger partial charge in [-0.15, -0.1) is 0 Å². The average Bonchev–Trinajstić information content (AvgIpc) is 2.82. The van der Waals surface area contributed by atoms with Crippen LogP contribution in [-0.4, -0.2) is 27.9 Å². The van der Waals surface area contributed by atoms with Gasteiger partial charge in [0.2, 0.25) is 0 Å². The summed E-state index contributed by atoms with van der Waals surface area (Å²) in [5.41, 5.74) is 8.95. The van der Waals surface area contributed by atoms with Gasteiger partial charge in [0, 0.05) is 5.69 Å². The monoisotopic (exact) mass is 272 g/mol. The van der Waals surface area contributed by atoms with Gasteiger partial charge < -0.3 is 21.4 Å². The molecule has 2 heterocycles. The van der Waals surface area contributed by atoms with Crippen LogP contribution in [0.15, 0.2) is 30.6 Å². The minimum absolute atomic E-state index is 0. The number of rotatable bonds is 2. The van der Waals surface area contributed by atoms with Crippen molar-refractivity contribution < 1.29 is 5.48 Å². The first kappa shape index (κ1) is 13.8. The first-order chi connectivity index (χ1) is 9.18. The van der Waals surface area contributed by atoms with E-state index in [-0.39, 0.29) is 11.3 Å². The van der Waals surface area contributed by atoms with E-state index >= 15 is 0 Å². The van der Waals surface area contributed by atoms with Crippen LogP contribution in [-0.2, 0) is 0 Å². The van der Waals surface area contributed by atoms with Crippen molar-refractivity contribution in [1.82, 2.24) is 9.97 Å².